The summed E-state index contributed by atoms with van der Waals surface area (Å²) in [5, 5.41) is 12.4. The molecule has 1 atom stereocenters. The lowest BCUT2D eigenvalue weighted by Gasteiger charge is -2.27. The van der Waals surface area contributed by atoms with Crippen molar-refractivity contribution in [3.63, 3.8) is 0 Å². The van der Waals surface area contributed by atoms with E-state index in [0.29, 0.717) is 0 Å². The average molecular weight is 237 g/mol. The molecule has 0 bridgehead atoms. The normalized spacial score (nSPS) is 20.4. The summed E-state index contributed by atoms with van der Waals surface area (Å²) in [6.07, 6.45) is 7.54. The smallest absolute Gasteiger partial charge is 0.103 e. The Labute approximate surface area is 106 Å². The third-order valence-electron chi connectivity index (χ3n) is 3.95. The topological polar surface area (TPSA) is 39.1 Å². The van der Waals surface area contributed by atoms with Gasteiger partial charge in [0, 0.05) is 6.04 Å². The van der Waals surface area contributed by atoms with Crippen molar-refractivity contribution >= 4 is 0 Å². The van der Waals surface area contributed by atoms with Crippen LogP contribution in [0.4, 0.5) is 0 Å². The molecule has 1 aliphatic rings. The van der Waals surface area contributed by atoms with Crippen LogP contribution >= 0.6 is 0 Å². The molecule has 1 fully saturated rings. The van der Waals surface area contributed by atoms with Gasteiger partial charge in [0.15, 0.2) is 0 Å². The average Bonchev–Trinajstić information content (AvgIpc) is 2.83. The molecule has 0 aliphatic heterocycles. The van der Waals surface area contributed by atoms with Crippen molar-refractivity contribution in [1.82, 2.24) is 10.2 Å². The van der Waals surface area contributed by atoms with Crippen molar-refractivity contribution in [2.45, 2.75) is 64.0 Å². The number of hydrogen-bond acceptors (Lipinski definition) is 3. The second kappa shape index (κ2) is 6.98. The molecule has 0 aromatic rings. The zero-order chi connectivity index (χ0) is 12.7. The zero-order valence-electron chi connectivity index (χ0n) is 11.6. The molecule has 3 heteroatoms. The van der Waals surface area contributed by atoms with Gasteiger partial charge in [-0.3, -0.25) is 5.32 Å². The summed E-state index contributed by atoms with van der Waals surface area (Å²) in [6.45, 7) is 6.04. The highest BCUT2D eigenvalue weighted by molar-refractivity contribution is 5.03. The van der Waals surface area contributed by atoms with E-state index in [-0.39, 0.29) is 5.54 Å². The minimum atomic E-state index is -0.342. The van der Waals surface area contributed by atoms with Gasteiger partial charge in [0.1, 0.15) is 5.54 Å². The predicted molar refractivity (Wildman–Crippen MR) is 71.8 cm³/mol. The van der Waals surface area contributed by atoms with Gasteiger partial charge in [0.25, 0.3) is 0 Å². The van der Waals surface area contributed by atoms with Crippen molar-refractivity contribution in [2.24, 2.45) is 0 Å². The summed E-state index contributed by atoms with van der Waals surface area (Å²) in [5.74, 6) is 0. The van der Waals surface area contributed by atoms with Crippen LogP contribution in [0.15, 0.2) is 0 Å². The largest absolute Gasteiger partial charge is 0.303 e. The van der Waals surface area contributed by atoms with Crippen LogP contribution in [0, 0.1) is 11.3 Å². The van der Waals surface area contributed by atoms with E-state index in [9.17, 15) is 0 Å². The quantitative estimate of drug-likeness (QED) is 0.739. The standard InChI is InChI=1S/C14H27N3/c1-4-16-14(2,12-15)10-7-11-17(3)13-8-5-6-9-13/h13,16H,4-11H2,1-3H3. The fourth-order valence-corrected chi connectivity index (χ4v) is 2.78. The first-order valence-electron chi connectivity index (χ1n) is 6.98. The monoisotopic (exact) mass is 237 g/mol. The predicted octanol–water partition coefficient (Wildman–Crippen LogP) is 2.53. The molecule has 0 amide bonds. The molecule has 1 unspecified atom stereocenters. The van der Waals surface area contributed by atoms with Gasteiger partial charge in [-0.1, -0.05) is 19.8 Å². The number of rotatable bonds is 7. The molecule has 17 heavy (non-hydrogen) atoms. The lowest BCUT2D eigenvalue weighted by atomic mass is 9.97. The van der Waals surface area contributed by atoms with Crippen LogP contribution in [0.2, 0.25) is 0 Å². The van der Waals surface area contributed by atoms with Crippen LogP contribution in [-0.4, -0.2) is 36.6 Å². The van der Waals surface area contributed by atoms with Gasteiger partial charge in [-0.2, -0.15) is 5.26 Å². The molecule has 1 rings (SSSR count). The van der Waals surface area contributed by atoms with E-state index >= 15 is 0 Å². The van der Waals surface area contributed by atoms with E-state index in [2.05, 4.69) is 30.3 Å². The van der Waals surface area contributed by atoms with Crippen LogP contribution in [0.25, 0.3) is 0 Å². The van der Waals surface area contributed by atoms with E-state index in [1.807, 2.05) is 6.92 Å². The minimum absolute atomic E-state index is 0.342. The third-order valence-corrected chi connectivity index (χ3v) is 3.95. The molecule has 0 aromatic carbocycles. The highest BCUT2D eigenvalue weighted by Crippen LogP contribution is 2.23. The first kappa shape index (κ1) is 14.5. The second-order valence-electron chi connectivity index (χ2n) is 5.50. The third kappa shape index (κ3) is 4.65. The van der Waals surface area contributed by atoms with Crippen LogP contribution in [0.3, 0.4) is 0 Å². The fourth-order valence-electron chi connectivity index (χ4n) is 2.78. The Bertz CT molecular complexity index is 253. The van der Waals surface area contributed by atoms with Crippen LogP contribution in [0.5, 0.6) is 0 Å². The first-order chi connectivity index (χ1) is 8.11. The molecule has 0 heterocycles. The summed E-state index contributed by atoms with van der Waals surface area (Å²) < 4.78 is 0. The number of nitriles is 1. The van der Waals surface area contributed by atoms with E-state index in [4.69, 9.17) is 5.26 Å². The summed E-state index contributed by atoms with van der Waals surface area (Å²) in [6, 6.07) is 3.19. The molecular formula is C14H27N3. The molecule has 1 N–H and O–H groups in total. The molecule has 0 saturated heterocycles. The SMILES string of the molecule is CCNC(C)(C#N)CCCN(C)C1CCCC1. The van der Waals surface area contributed by atoms with Gasteiger partial charge in [-0.05, 0) is 52.7 Å². The molecule has 3 nitrogen and oxygen atoms in total. The van der Waals surface area contributed by atoms with E-state index < -0.39 is 0 Å². The van der Waals surface area contributed by atoms with Gasteiger partial charge in [-0.25, -0.2) is 0 Å². The Kier molecular flexibility index (Phi) is 5.94. The maximum absolute atomic E-state index is 9.17. The molecule has 1 saturated carbocycles. The van der Waals surface area contributed by atoms with E-state index in [1.165, 1.54) is 25.7 Å². The Morgan fingerprint density at radius 2 is 2.06 bits per heavy atom. The summed E-state index contributed by atoms with van der Waals surface area (Å²) in [5.41, 5.74) is -0.342. The molecule has 0 radical (unpaired) electrons. The van der Waals surface area contributed by atoms with Crippen molar-refractivity contribution in [1.29, 1.82) is 5.26 Å². The molecule has 0 spiro atoms. The number of nitrogens with one attached hydrogen (secondary N) is 1. The lowest BCUT2D eigenvalue weighted by Crippen LogP contribution is -2.41. The first-order valence-corrected chi connectivity index (χ1v) is 6.98. The van der Waals surface area contributed by atoms with Crippen molar-refractivity contribution < 1.29 is 0 Å². The Balaban J connectivity index is 2.24. The van der Waals surface area contributed by atoms with Gasteiger partial charge in [-0.15, -0.1) is 0 Å². The second-order valence-corrected chi connectivity index (χ2v) is 5.50. The Hall–Kier alpha value is -0.590. The van der Waals surface area contributed by atoms with E-state index in [0.717, 1.165) is 32.0 Å². The van der Waals surface area contributed by atoms with Crippen LogP contribution in [0.1, 0.15) is 52.4 Å². The molecule has 0 aromatic heterocycles. The van der Waals surface area contributed by atoms with Crippen molar-refractivity contribution in [2.75, 3.05) is 20.1 Å². The van der Waals surface area contributed by atoms with Gasteiger partial charge >= 0.3 is 0 Å². The summed E-state index contributed by atoms with van der Waals surface area (Å²) in [7, 11) is 2.23. The van der Waals surface area contributed by atoms with Crippen molar-refractivity contribution in [3.8, 4) is 6.07 Å². The van der Waals surface area contributed by atoms with Crippen molar-refractivity contribution in [3.05, 3.63) is 0 Å². The number of hydrogen-bond donors (Lipinski definition) is 1. The minimum Gasteiger partial charge on any atom is -0.303 e. The highest BCUT2D eigenvalue weighted by atomic mass is 15.1. The lowest BCUT2D eigenvalue weighted by molar-refractivity contribution is 0.233. The molecule has 98 valence electrons. The van der Waals surface area contributed by atoms with Gasteiger partial charge in [0.05, 0.1) is 6.07 Å². The van der Waals surface area contributed by atoms with Gasteiger partial charge in [0.2, 0.25) is 0 Å². The highest BCUT2D eigenvalue weighted by Gasteiger charge is 2.23. The fraction of sp³-hybridized carbons (Fsp3) is 0.929. The Morgan fingerprint density at radius 3 is 2.59 bits per heavy atom. The molecular weight excluding hydrogens is 210 g/mol. The van der Waals surface area contributed by atoms with Gasteiger partial charge < -0.3 is 4.90 Å². The summed E-state index contributed by atoms with van der Waals surface area (Å²) in [4.78, 5) is 2.48. The maximum Gasteiger partial charge on any atom is 0.103 e. The maximum atomic E-state index is 9.17. The van der Waals surface area contributed by atoms with Crippen LogP contribution < -0.4 is 5.32 Å². The van der Waals surface area contributed by atoms with Crippen LogP contribution in [-0.2, 0) is 0 Å². The summed E-state index contributed by atoms with van der Waals surface area (Å²) >= 11 is 0. The molecule has 1 aliphatic carbocycles. The zero-order valence-corrected chi connectivity index (χ0v) is 11.6. The number of nitrogens with zero attached hydrogens (tertiary/aromatic N) is 2. The van der Waals surface area contributed by atoms with E-state index in [1.54, 1.807) is 0 Å². The Morgan fingerprint density at radius 1 is 1.41 bits per heavy atom.